The van der Waals surface area contributed by atoms with E-state index in [0.29, 0.717) is 12.1 Å². The van der Waals surface area contributed by atoms with Crippen LogP contribution in [0, 0.1) is 0 Å². The summed E-state index contributed by atoms with van der Waals surface area (Å²) in [5.41, 5.74) is 1.26. The third-order valence-corrected chi connectivity index (χ3v) is 4.25. The molecule has 0 saturated carbocycles. The van der Waals surface area contributed by atoms with Gasteiger partial charge >= 0.3 is 0 Å². The number of piperazine rings is 1. The number of aromatic nitrogens is 1. The summed E-state index contributed by atoms with van der Waals surface area (Å²) in [6.07, 6.45) is 3.17. The smallest absolute Gasteiger partial charge is 0.128 e. The first-order valence-electron chi connectivity index (χ1n) is 7.74. The van der Waals surface area contributed by atoms with Crippen LogP contribution in [0.1, 0.15) is 32.8 Å². The van der Waals surface area contributed by atoms with Crippen molar-refractivity contribution in [2.75, 3.05) is 31.6 Å². The largest absolute Gasteiger partial charge is 0.354 e. The van der Waals surface area contributed by atoms with Crippen LogP contribution >= 0.6 is 0 Å². The highest BCUT2D eigenvalue weighted by Gasteiger charge is 2.26. The van der Waals surface area contributed by atoms with Crippen LogP contribution in [-0.2, 0) is 6.54 Å². The van der Waals surface area contributed by atoms with Crippen molar-refractivity contribution >= 4 is 5.82 Å². The standard InChI is InChI=1S/C16H28N4/c1-5-8-17-9-15-6-7-16(18-10-15)20-11-13(2)19(4)14(3)12-20/h6-7,10,13-14,17H,5,8-9,11-12H2,1-4H3. The van der Waals surface area contributed by atoms with Gasteiger partial charge < -0.3 is 10.2 Å². The minimum atomic E-state index is 0.575. The molecule has 0 amide bonds. The highest BCUT2D eigenvalue weighted by atomic mass is 15.3. The van der Waals surface area contributed by atoms with Crippen LogP contribution in [-0.4, -0.2) is 48.6 Å². The Kier molecular flexibility index (Phi) is 5.38. The zero-order valence-corrected chi connectivity index (χ0v) is 13.3. The molecule has 2 unspecified atom stereocenters. The second-order valence-electron chi connectivity index (χ2n) is 5.97. The van der Waals surface area contributed by atoms with Gasteiger partial charge in [0.1, 0.15) is 5.82 Å². The Labute approximate surface area is 123 Å². The Balaban J connectivity index is 1.96. The van der Waals surface area contributed by atoms with Crippen LogP contribution in [0.15, 0.2) is 18.3 Å². The fraction of sp³-hybridized carbons (Fsp3) is 0.688. The molecule has 4 nitrogen and oxygen atoms in total. The number of pyridine rings is 1. The highest BCUT2D eigenvalue weighted by molar-refractivity contribution is 5.40. The Hall–Kier alpha value is -1.13. The molecule has 4 heteroatoms. The zero-order chi connectivity index (χ0) is 14.5. The average molecular weight is 276 g/mol. The second kappa shape index (κ2) is 7.04. The van der Waals surface area contributed by atoms with Crippen LogP contribution in [0.3, 0.4) is 0 Å². The van der Waals surface area contributed by atoms with Gasteiger partial charge in [-0.2, -0.15) is 0 Å². The van der Waals surface area contributed by atoms with E-state index < -0.39 is 0 Å². The minimum absolute atomic E-state index is 0.575. The molecule has 2 rings (SSSR count). The Bertz CT molecular complexity index is 391. The minimum Gasteiger partial charge on any atom is -0.354 e. The molecule has 0 bridgehead atoms. The first-order valence-corrected chi connectivity index (χ1v) is 7.74. The van der Waals surface area contributed by atoms with Crippen molar-refractivity contribution in [3.63, 3.8) is 0 Å². The van der Waals surface area contributed by atoms with Crippen molar-refractivity contribution in [1.29, 1.82) is 0 Å². The van der Waals surface area contributed by atoms with E-state index in [1.807, 2.05) is 6.20 Å². The van der Waals surface area contributed by atoms with Gasteiger partial charge in [0.2, 0.25) is 0 Å². The molecule has 2 atom stereocenters. The Morgan fingerprint density at radius 3 is 2.50 bits per heavy atom. The maximum absolute atomic E-state index is 4.64. The van der Waals surface area contributed by atoms with Crippen molar-refractivity contribution in [2.45, 2.75) is 45.8 Å². The molecular weight excluding hydrogens is 248 g/mol. The van der Waals surface area contributed by atoms with Gasteiger partial charge in [-0.15, -0.1) is 0 Å². The predicted octanol–water partition coefficient (Wildman–Crippen LogP) is 2.11. The van der Waals surface area contributed by atoms with Crippen LogP contribution in [0.2, 0.25) is 0 Å². The fourth-order valence-electron chi connectivity index (χ4n) is 2.71. The van der Waals surface area contributed by atoms with Gasteiger partial charge in [-0.25, -0.2) is 4.98 Å². The maximum Gasteiger partial charge on any atom is 0.128 e. The summed E-state index contributed by atoms with van der Waals surface area (Å²) in [5.74, 6) is 1.11. The lowest BCUT2D eigenvalue weighted by molar-refractivity contribution is 0.169. The SMILES string of the molecule is CCCNCc1ccc(N2CC(C)N(C)C(C)C2)nc1. The molecule has 0 aromatic carbocycles. The van der Waals surface area contributed by atoms with E-state index in [1.54, 1.807) is 0 Å². The van der Waals surface area contributed by atoms with Crippen molar-refractivity contribution in [2.24, 2.45) is 0 Å². The zero-order valence-electron chi connectivity index (χ0n) is 13.3. The number of hydrogen-bond acceptors (Lipinski definition) is 4. The normalized spacial score (nSPS) is 24.1. The molecule has 2 heterocycles. The molecule has 1 fully saturated rings. The van der Waals surface area contributed by atoms with E-state index in [0.717, 1.165) is 32.0 Å². The van der Waals surface area contributed by atoms with Gasteiger partial charge in [0.05, 0.1) is 0 Å². The van der Waals surface area contributed by atoms with E-state index in [4.69, 9.17) is 0 Å². The van der Waals surface area contributed by atoms with Crippen LogP contribution in [0.5, 0.6) is 0 Å². The quantitative estimate of drug-likeness (QED) is 0.835. The Morgan fingerprint density at radius 2 is 1.95 bits per heavy atom. The third kappa shape index (κ3) is 3.70. The Morgan fingerprint density at radius 1 is 1.25 bits per heavy atom. The van der Waals surface area contributed by atoms with Gasteiger partial charge in [-0.05, 0) is 45.5 Å². The molecule has 0 aliphatic carbocycles. The lowest BCUT2D eigenvalue weighted by atomic mass is 10.1. The first-order chi connectivity index (χ1) is 9.61. The fourth-order valence-corrected chi connectivity index (χ4v) is 2.71. The first kappa shape index (κ1) is 15.3. The number of likely N-dealkylation sites (N-methyl/N-ethyl adjacent to an activating group) is 1. The van der Waals surface area contributed by atoms with Crippen molar-refractivity contribution in [3.8, 4) is 0 Å². The second-order valence-corrected chi connectivity index (χ2v) is 5.97. The predicted molar refractivity (Wildman–Crippen MR) is 85.1 cm³/mol. The molecule has 0 spiro atoms. The van der Waals surface area contributed by atoms with Crippen LogP contribution in [0.25, 0.3) is 0 Å². The topological polar surface area (TPSA) is 31.4 Å². The number of hydrogen-bond donors (Lipinski definition) is 1. The van der Waals surface area contributed by atoms with E-state index in [-0.39, 0.29) is 0 Å². The van der Waals surface area contributed by atoms with Gasteiger partial charge in [0.25, 0.3) is 0 Å². The number of rotatable bonds is 5. The van der Waals surface area contributed by atoms with Crippen LogP contribution < -0.4 is 10.2 Å². The van der Waals surface area contributed by atoms with Gasteiger partial charge in [0, 0.05) is 37.9 Å². The summed E-state index contributed by atoms with van der Waals surface area (Å²) in [7, 11) is 2.21. The third-order valence-electron chi connectivity index (χ3n) is 4.25. The maximum atomic E-state index is 4.64. The summed E-state index contributed by atoms with van der Waals surface area (Å²) >= 11 is 0. The summed E-state index contributed by atoms with van der Waals surface area (Å²) in [5, 5.41) is 3.41. The van der Waals surface area contributed by atoms with Gasteiger partial charge in [-0.1, -0.05) is 13.0 Å². The molecule has 1 N–H and O–H groups in total. The molecule has 112 valence electrons. The summed E-state index contributed by atoms with van der Waals surface area (Å²) in [4.78, 5) is 9.49. The van der Waals surface area contributed by atoms with Crippen molar-refractivity contribution < 1.29 is 0 Å². The summed E-state index contributed by atoms with van der Waals surface area (Å²) in [6.45, 7) is 10.8. The number of nitrogens with one attached hydrogen (secondary N) is 1. The lowest BCUT2D eigenvalue weighted by Gasteiger charge is -2.43. The van der Waals surface area contributed by atoms with Crippen molar-refractivity contribution in [3.05, 3.63) is 23.9 Å². The number of anilines is 1. The van der Waals surface area contributed by atoms with Gasteiger partial charge in [0.15, 0.2) is 0 Å². The van der Waals surface area contributed by atoms with E-state index in [2.05, 4.69) is 60.1 Å². The molecule has 1 saturated heterocycles. The van der Waals surface area contributed by atoms with Crippen LogP contribution in [0.4, 0.5) is 5.82 Å². The molecule has 1 aromatic heterocycles. The highest BCUT2D eigenvalue weighted by Crippen LogP contribution is 2.19. The average Bonchev–Trinajstić information content (AvgIpc) is 2.45. The van der Waals surface area contributed by atoms with Crippen molar-refractivity contribution in [1.82, 2.24) is 15.2 Å². The lowest BCUT2D eigenvalue weighted by Crippen LogP contribution is -2.55. The van der Waals surface area contributed by atoms with Gasteiger partial charge in [-0.3, -0.25) is 4.90 Å². The monoisotopic (exact) mass is 276 g/mol. The molecule has 1 aromatic rings. The van der Waals surface area contributed by atoms with E-state index in [9.17, 15) is 0 Å². The molecule has 1 aliphatic heterocycles. The summed E-state index contributed by atoms with van der Waals surface area (Å²) in [6, 6.07) is 5.50. The molecule has 20 heavy (non-hydrogen) atoms. The number of nitrogens with zero attached hydrogens (tertiary/aromatic N) is 3. The molecular formula is C16H28N4. The summed E-state index contributed by atoms with van der Waals surface area (Å²) < 4.78 is 0. The molecule has 0 radical (unpaired) electrons. The van der Waals surface area contributed by atoms with E-state index >= 15 is 0 Å². The molecule has 1 aliphatic rings. The van der Waals surface area contributed by atoms with E-state index in [1.165, 1.54) is 12.0 Å².